The van der Waals surface area contributed by atoms with Gasteiger partial charge in [-0.15, -0.1) is 0 Å². The SMILES string of the molecule is CCC(N)(CC)CNS(=O)(=O)c1ccc(NC(C)=O)c(Br)c1. The smallest absolute Gasteiger partial charge is 0.240 e. The number of sulfonamides is 1. The highest BCUT2D eigenvalue weighted by molar-refractivity contribution is 9.10. The van der Waals surface area contributed by atoms with Crippen molar-refractivity contribution in [1.82, 2.24) is 4.72 Å². The van der Waals surface area contributed by atoms with E-state index in [0.29, 0.717) is 23.0 Å². The van der Waals surface area contributed by atoms with E-state index in [1.165, 1.54) is 25.1 Å². The Morgan fingerprint density at radius 2 is 1.91 bits per heavy atom. The molecule has 1 amide bonds. The summed E-state index contributed by atoms with van der Waals surface area (Å²) < 4.78 is 27.7. The molecule has 0 fully saturated rings. The summed E-state index contributed by atoms with van der Waals surface area (Å²) >= 11 is 3.25. The number of nitrogens with two attached hydrogens (primary N) is 1. The van der Waals surface area contributed by atoms with Crippen molar-refractivity contribution >= 4 is 37.5 Å². The van der Waals surface area contributed by atoms with Gasteiger partial charge in [-0.3, -0.25) is 4.79 Å². The zero-order valence-electron chi connectivity index (χ0n) is 12.9. The van der Waals surface area contributed by atoms with Gasteiger partial charge in [-0.2, -0.15) is 0 Å². The second kappa shape index (κ2) is 7.54. The molecule has 0 radical (unpaired) electrons. The molecule has 1 rings (SSSR count). The largest absolute Gasteiger partial charge is 0.325 e. The third-order valence-electron chi connectivity index (χ3n) is 3.58. The van der Waals surface area contributed by atoms with Crippen LogP contribution in [0.25, 0.3) is 0 Å². The summed E-state index contributed by atoms with van der Waals surface area (Å²) in [6.07, 6.45) is 1.36. The molecule has 0 saturated carbocycles. The molecule has 0 heterocycles. The fourth-order valence-electron chi connectivity index (χ4n) is 1.78. The van der Waals surface area contributed by atoms with Gasteiger partial charge in [0.15, 0.2) is 0 Å². The van der Waals surface area contributed by atoms with E-state index in [4.69, 9.17) is 5.73 Å². The Kier molecular flexibility index (Phi) is 6.54. The van der Waals surface area contributed by atoms with Crippen LogP contribution in [0.5, 0.6) is 0 Å². The lowest BCUT2D eigenvalue weighted by Crippen LogP contribution is -2.49. The van der Waals surface area contributed by atoms with E-state index >= 15 is 0 Å². The summed E-state index contributed by atoms with van der Waals surface area (Å²) in [5.41, 5.74) is 6.07. The van der Waals surface area contributed by atoms with Gasteiger partial charge in [-0.05, 0) is 47.0 Å². The predicted octanol–water partition coefficient (Wildman–Crippen LogP) is 2.20. The van der Waals surface area contributed by atoms with Crippen LogP contribution >= 0.6 is 15.9 Å². The van der Waals surface area contributed by atoms with E-state index in [2.05, 4.69) is 26.0 Å². The molecular formula is C14H22BrN3O3S. The predicted molar refractivity (Wildman–Crippen MR) is 91.1 cm³/mol. The molecule has 4 N–H and O–H groups in total. The number of halogens is 1. The molecule has 0 spiro atoms. The van der Waals surface area contributed by atoms with Gasteiger partial charge in [0.2, 0.25) is 15.9 Å². The van der Waals surface area contributed by atoms with Crippen molar-refractivity contribution in [3.8, 4) is 0 Å². The summed E-state index contributed by atoms with van der Waals surface area (Å²) in [6, 6.07) is 4.42. The van der Waals surface area contributed by atoms with E-state index in [-0.39, 0.29) is 17.3 Å². The van der Waals surface area contributed by atoms with Crippen LogP contribution in [-0.4, -0.2) is 26.4 Å². The lowest BCUT2D eigenvalue weighted by Gasteiger charge is -2.26. The minimum atomic E-state index is -3.65. The lowest BCUT2D eigenvalue weighted by molar-refractivity contribution is -0.114. The first-order chi connectivity index (χ1) is 10.1. The van der Waals surface area contributed by atoms with Crippen molar-refractivity contribution in [2.24, 2.45) is 5.73 Å². The number of carbonyl (C=O) groups is 1. The molecule has 0 unspecified atom stereocenters. The van der Waals surface area contributed by atoms with Crippen LogP contribution < -0.4 is 15.8 Å². The molecule has 1 aromatic rings. The second-order valence-electron chi connectivity index (χ2n) is 5.22. The van der Waals surface area contributed by atoms with Crippen LogP contribution in [0, 0.1) is 0 Å². The molecule has 0 saturated heterocycles. The summed E-state index contributed by atoms with van der Waals surface area (Å²) in [4.78, 5) is 11.2. The normalized spacial score (nSPS) is 12.2. The maximum absolute atomic E-state index is 12.3. The highest BCUT2D eigenvalue weighted by Gasteiger charge is 2.24. The minimum Gasteiger partial charge on any atom is -0.325 e. The van der Waals surface area contributed by atoms with Crippen molar-refractivity contribution in [2.45, 2.75) is 44.0 Å². The first-order valence-electron chi connectivity index (χ1n) is 6.99. The molecular weight excluding hydrogens is 370 g/mol. The zero-order valence-corrected chi connectivity index (χ0v) is 15.3. The maximum Gasteiger partial charge on any atom is 0.240 e. The fraction of sp³-hybridized carbons (Fsp3) is 0.500. The van der Waals surface area contributed by atoms with Crippen molar-refractivity contribution in [3.05, 3.63) is 22.7 Å². The van der Waals surface area contributed by atoms with Gasteiger partial charge in [0, 0.05) is 23.5 Å². The quantitative estimate of drug-likeness (QED) is 0.662. The maximum atomic E-state index is 12.3. The zero-order chi connectivity index (χ0) is 17.0. The average Bonchev–Trinajstić information content (AvgIpc) is 2.46. The standard InChI is InChI=1S/C14H22BrN3O3S/c1-4-14(16,5-2)9-17-22(20,21)11-6-7-13(12(15)8-11)18-10(3)19/h6-8,17H,4-5,9,16H2,1-3H3,(H,18,19). The molecule has 0 aliphatic heterocycles. The number of anilines is 1. The Bertz CT molecular complexity index is 643. The Hall–Kier alpha value is -0.960. The number of nitrogens with one attached hydrogen (secondary N) is 2. The molecule has 8 heteroatoms. The van der Waals surface area contributed by atoms with Gasteiger partial charge in [-0.1, -0.05) is 13.8 Å². The van der Waals surface area contributed by atoms with Gasteiger partial charge in [0.05, 0.1) is 10.6 Å². The molecule has 6 nitrogen and oxygen atoms in total. The molecule has 0 bridgehead atoms. The fourth-order valence-corrected chi connectivity index (χ4v) is 3.57. The van der Waals surface area contributed by atoms with Crippen molar-refractivity contribution in [1.29, 1.82) is 0 Å². The van der Waals surface area contributed by atoms with Crippen molar-refractivity contribution < 1.29 is 13.2 Å². The highest BCUT2D eigenvalue weighted by atomic mass is 79.9. The number of rotatable bonds is 7. The average molecular weight is 392 g/mol. The summed E-state index contributed by atoms with van der Waals surface area (Å²) in [7, 11) is -3.65. The number of hydrogen-bond acceptors (Lipinski definition) is 4. The monoisotopic (exact) mass is 391 g/mol. The van der Waals surface area contributed by atoms with Gasteiger partial charge < -0.3 is 11.1 Å². The lowest BCUT2D eigenvalue weighted by atomic mass is 9.95. The first-order valence-corrected chi connectivity index (χ1v) is 9.27. The summed E-state index contributed by atoms with van der Waals surface area (Å²) in [6.45, 7) is 5.41. The topological polar surface area (TPSA) is 101 Å². The van der Waals surface area contributed by atoms with Crippen LogP contribution in [0.3, 0.4) is 0 Å². The number of amides is 1. The molecule has 0 aromatic heterocycles. The van der Waals surface area contributed by atoms with Gasteiger partial charge in [0.1, 0.15) is 0 Å². The van der Waals surface area contributed by atoms with Crippen molar-refractivity contribution in [2.75, 3.05) is 11.9 Å². The van der Waals surface area contributed by atoms with Crippen molar-refractivity contribution in [3.63, 3.8) is 0 Å². The molecule has 0 aliphatic rings. The summed E-state index contributed by atoms with van der Waals surface area (Å²) in [5, 5.41) is 2.61. The van der Waals surface area contributed by atoms with Gasteiger partial charge in [0.25, 0.3) is 0 Å². The van der Waals surface area contributed by atoms with E-state index in [0.717, 1.165) is 0 Å². The minimum absolute atomic E-state index is 0.114. The number of benzene rings is 1. The molecule has 22 heavy (non-hydrogen) atoms. The molecule has 0 atom stereocenters. The molecule has 124 valence electrons. The third-order valence-corrected chi connectivity index (χ3v) is 5.64. The number of hydrogen-bond donors (Lipinski definition) is 3. The highest BCUT2D eigenvalue weighted by Crippen LogP contribution is 2.26. The Labute approximate surface area is 140 Å². The Morgan fingerprint density at radius 3 is 2.36 bits per heavy atom. The van der Waals surface area contributed by atoms with Crippen LogP contribution in [0.1, 0.15) is 33.6 Å². The number of carbonyl (C=O) groups excluding carboxylic acids is 1. The molecule has 0 aliphatic carbocycles. The van der Waals surface area contributed by atoms with Gasteiger partial charge >= 0.3 is 0 Å². The third kappa shape index (κ3) is 5.05. The van der Waals surface area contributed by atoms with Crippen LogP contribution in [0.2, 0.25) is 0 Å². The van der Waals surface area contributed by atoms with Crippen LogP contribution in [0.15, 0.2) is 27.6 Å². The van der Waals surface area contributed by atoms with E-state index < -0.39 is 15.6 Å². The Balaban J connectivity index is 2.94. The van der Waals surface area contributed by atoms with Gasteiger partial charge in [-0.25, -0.2) is 13.1 Å². The molecule has 1 aromatic carbocycles. The second-order valence-corrected chi connectivity index (χ2v) is 7.84. The van der Waals surface area contributed by atoms with Crippen LogP contribution in [0.4, 0.5) is 5.69 Å². The Morgan fingerprint density at radius 1 is 1.32 bits per heavy atom. The van der Waals surface area contributed by atoms with Crippen LogP contribution in [-0.2, 0) is 14.8 Å². The summed E-state index contributed by atoms with van der Waals surface area (Å²) in [5.74, 6) is -0.228. The first kappa shape index (κ1) is 19.1. The van der Waals surface area contributed by atoms with E-state index in [1.807, 2.05) is 13.8 Å². The van der Waals surface area contributed by atoms with E-state index in [1.54, 1.807) is 0 Å². The van der Waals surface area contributed by atoms with E-state index in [9.17, 15) is 13.2 Å².